The lowest BCUT2D eigenvalue weighted by Crippen LogP contribution is -2.30. The average Bonchev–Trinajstić information content (AvgIpc) is 2.49. The largest absolute Gasteiger partial charge is 0.573 e. The first-order chi connectivity index (χ1) is 11.9. The molecule has 0 aromatic heterocycles. The number of alkyl halides is 3. The summed E-state index contributed by atoms with van der Waals surface area (Å²) in [5, 5.41) is 9.92. The van der Waals surface area contributed by atoms with Gasteiger partial charge in [0, 0.05) is 0 Å². The number of halogens is 4. The van der Waals surface area contributed by atoms with E-state index in [1.807, 2.05) is 0 Å². The third kappa shape index (κ3) is 5.00. The minimum Gasteiger partial charge on any atom is -0.506 e. The van der Waals surface area contributed by atoms with Gasteiger partial charge in [-0.15, -0.1) is 13.2 Å². The van der Waals surface area contributed by atoms with Crippen molar-refractivity contribution in [3.63, 3.8) is 0 Å². The van der Waals surface area contributed by atoms with E-state index in [-0.39, 0.29) is 11.3 Å². The van der Waals surface area contributed by atoms with Gasteiger partial charge in [-0.3, -0.25) is 4.79 Å². The molecule has 2 N–H and O–H groups in total. The predicted molar refractivity (Wildman–Crippen MR) is 93.3 cm³/mol. The molecule has 0 fully saturated rings. The van der Waals surface area contributed by atoms with Crippen LogP contribution in [0.2, 0.25) is 0 Å². The van der Waals surface area contributed by atoms with Gasteiger partial charge in [0.05, 0.1) is 14.0 Å². The number of carbonyl (C=O) groups excluding carboxylic acids is 1. The number of carbonyl (C=O) groups is 1. The number of benzene rings is 2. The summed E-state index contributed by atoms with van der Waals surface area (Å²) in [7, 11) is -4.36. The highest BCUT2D eigenvalue weighted by atomic mass is 127. The minimum atomic E-state index is -4.91. The maximum Gasteiger partial charge on any atom is 0.573 e. The second-order valence-corrected chi connectivity index (χ2v) is 7.94. The average molecular weight is 501 g/mol. The maximum absolute atomic E-state index is 12.2. The van der Waals surface area contributed by atoms with E-state index in [9.17, 15) is 31.5 Å². The molecule has 0 radical (unpaired) electrons. The van der Waals surface area contributed by atoms with Crippen molar-refractivity contribution in [2.75, 3.05) is 0 Å². The summed E-state index contributed by atoms with van der Waals surface area (Å²) in [4.78, 5) is 11.7. The van der Waals surface area contributed by atoms with Crippen molar-refractivity contribution in [1.29, 1.82) is 0 Å². The fourth-order valence-corrected chi connectivity index (χ4v) is 3.71. The first-order valence-corrected chi connectivity index (χ1v) is 9.37. The van der Waals surface area contributed by atoms with Crippen molar-refractivity contribution in [1.82, 2.24) is 4.72 Å². The Kier molecular flexibility index (Phi) is 5.70. The van der Waals surface area contributed by atoms with Crippen LogP contribution in [-0.4, -0.2) is 25.8 Å². The molecule has 26 heavy (non-hydrogen) atoms. The molecule has 2 rings (SSSR count). The van der Waals surface area contributed by atoms with Crippen LogP contribution in [0, 0.1) is 10.5 Å². The smallest absolute Gasteiger partial charge is 0.506 e. The quantitative estimate of drug-likeness (QED) is 0.628. The number of amides is 1. The Morgan fingerprint density at radius 2 is 1.77 bits per heavy atom. The van der Waals surface area contributed by atoms with E-state index in [1.54, 1.807) is 40.3 Å². The lowest BCUT2D eigenvalue weighted by molar-refractivity contribution is -0.274. The van der Waals surface area contributed by atoms with E-state index in [1.165, 1.54) is 6.07 Å². The van der Waals surface area contributed by atoms with Gasteiger partial charge in [0.1, 0.15) is 11.5 Å². The van der Waals surface area contributed by atoms with Gasteiger partial charge < -0.3 is 9.84 Å². The van der Waals surface area contributed by atoms with Gasteiger partial charge in [-0.05, 0) is 71.5 Å². The van der Waals surface area contributed by atoms with Crippen LogP contribution in [0.1, 0.15) is 15.9 Å². The monoisotopic (exact) mass is 501 g/mol. The molecule has 11 heteroatoms. The molecular formula is C15H11F3INO5S. The number of ether oxygens (including phenoxy) is 1. The lowest BCUT2D eigenvalue weighted by Gasteiger charge is -2.11. The summed E-state index contributed by atoms with van der Waals surface area (Å²) in [5.41, 5.74) is 0.387. The number of phenols is 1. The van der Waals surface area contributed by atoms with Gasteiger partial charge in [-0.1, -0.05) is 0 Å². The molecule has 0 aliphatic heterocycles. The van der Waals surface area contributed by atoms with Crippen LogP contribution in [0.15, 0.2) is 41.3 Å². The number of rotatable bonds is 4. The standard InChI is InChI=1S/C15H11F3INO5S/c1-8-6-11(13(21)12(19)7-8)14(22)20-26(23,24)10-4-2-9(3-5-10)25-15(16,17)18/h2-7,21H,1H3,(H,20,22). The van der Waals surface area contributed by atoms with Crippen molar-refractivity contribution in [2.24, 2.45) is 0 Å². The van der Waals surface area contributed by atoms with Crippen molar-refractivity contribution in [3.8, 4) is 11.5 Å². The molecule has 2 aromatic rings. The topological polar surface area (TPSA) is 92.7 Å². The Balaban J connectivity index is 2.25. The fraction of sp³-hybridized carbons (Fsp3) is 0.133. The third-order valence-electron chi connectivity index (χ3n) is 3.05. The Hall–Kier alpha value is -2.02. The van der Waals surface area contributed by atoms with Crippen molar-refractivity contribution in [2.45, 2.75) is 18.2 Å². The van der Waals surface area contributed by atoms with Gasteiger partial charge in [0.15, 0.2) is 0 Å². The Labute approximate surface area is 160 Å². The highest BCUT2D eigenvalue weighted by molar-refractivity contribution is 14.1. The Morgan fingerprint density at radius 3 is 2.31 bits per heavy atom. The second-order valence-electron chi connectivity index (χ2n) is 5.10. The second kappa shape index (κ2) is 7.31. The zero-order valence-electron chi connectivity index (χ0n) is 13.0. The fourth-order valence-electron chi connectivity index (χ4n) is 1.96. The first kappa shape index (κ1) is 20.3. The van der Waals surface area contributed by atoms with E-state index in [4.69, 9.17) is 0 Å². The van der Waals surface area contributed by atoms with Crippen LogP contribution in [0.3, 0.4) is 0 Å². The van der Waals surface area contributed by atoms with Gasteiger partial charge >= 0.3 is 6.36 Å². The molecule has 0 saturated carbocycles. The number of hydrogen-bond donors (Lipinski definition) is 2. The highest BCUT2D eigenvalue weighted by Gasteiger charge is 2.31. The molecule has 0 atom stereocenters. The molecule has 0 spiro atoms. The van der Waals surface area contributed by atoms with Crippen molar-refractivity contribution in [3.05, 3.63) is 51.1 Å². The number of sulfonamides is 1. The van der Waals surface area contributed by atoms with Crippen LogP contribution in [-0.2, 0) is 10.0 Å². The lowest BCUT2D eigenvalue weighted by atomic mass is 10.1. The summed E-state index contributed by atoms with van der Waals surface area (Å²) in [6, 6.07) is 6.23. The van der Waals surface area contributed by atoms with Crippen molar-refractivity contribution < 1.29 is 36.2 Å². The molecule has 0 bridgehead atoms. The van der Waals surface area contributed by atoms with Crippen LogP contribution >= 0.6 is 22.6 Å². The van der Waals surface area contributed by atoms with E-state index >= 15 is 0 Å². The SMILES string of the molecule is Cc1cc(I)c(O)c(C(=O)NS(=O)(=O)c2ccc(OC(F)(F)F)cc2)c1. The van der Waals surface area contributed by atoms with Gasteiger partial charge in [-0.25, -0.2) is 13.1 Å². The number of aromatic hydroxyl groups is 1. The van der Waals surface area contributed by atoms with Gasteiger partial charge in [-0.2, -0.15) is 0 Å². The molecule has 140 valence electrons. The summed E-state index contributed by atoms with van der Waals surface area (Å²) < 4.78 is 66.5. The van der Waals surface area contributed by atoms with E-state index in [0.717, 1.165) is 24.3 Å². The van der Waals surface area contributed by atoms with E-state index in [2.05, 4.69) is 4.74 Å². The molecule has 1 amide bonds. The predicted octanol–water partition coefficient (Wildman–Crippen LogP) is 3.32. The number of phenolic OH excluding ortho intramolecular Hbond substituents is 1. The van der Waals surface area contributed by atoms with Crippen LogP contribution in [0.25, 0.3) is 0 Å². The summed E-state index contributed by atoms with van der Waals surface area (Å²) in [5.74, 6) is -2.05. The molecular weight excluding hydrogens is 490 g/mol. The number of hydrogen-bond acceptors (Lipinski definition) is 5. The first-order valence-electron chi connectivity index (χ1n) is 6.81. The van der Waals surface area contributed by atoms with E-state index in [0.29, 0.717) is 9.13 Å². The summed E-state index contributed by atoms with van der Waals surface area (Å²) >= 11 is 1.79. The third-order valence-corrected chi connectivity index (χ3v) is 5.22. The molecule has 0 aliphatic rings. The number of nitrogens with one attached hydrogen (secondary N) is 1. The summed E-state index contributed by atoms with van der Waals surface area (Å²) in [6.07, 6.45) is -4.91. The van der Waals surface area contributed by atoms with Crippen LogP contribution in [0.5, 0.6) is 11.5 Å². The Bertz CT molecular complexity index is 943. The van der Waals surface area contributed by atoms with E-state index < -0.39 is 32.9 Å². The van der Waals surface area contributed by atoms with Crippen molar-refractivity contribution >= 4 is 38.5 Å². The normalized spacial score (nSPS) is 11.9. The summed E-state index contributed by atoms with van der Waals surface area (Å²) in [6.45, 7) is 1.66. The molecule has 0 saturated heterocycles. The molecule has 0 heterocycles. The van der Waals surface area contributed by atoms with Gasteiger partial charge in [0.25, 0.3) is 15.9 Å². The molecule has 0 aliphatic carbocycles. The molecule has 2 aromatic carbocycles. The number of aryl methyl sites for hydroxylation is 1. The molecule has 6 nitrogen and oxygen atoms in total. The van der Waals surface area contributed by atoms with Gasteiger partial charge in [0.2, 0.25) is 0 Å². The maximum atomic E-state index is 12.2. The highest BCUT2D eigenvalue weighted by Crippen LogP contribution is 2.27. The van der Waals surface area contributed by atoms with Crippen LogP contribution < -0.4 is 9.46 Å². The Morgan fingerprint density at radius 1 is 1.19 bits per heavy atom. The molecule has 0 unspecified atom stereocenters. The minimum absolute atomic E-state index is 0.241. The van der Waals surface area contributed by atoms with Crippen LogP contribution in [0.4, 0.5) is 13.2 Å². The zero-order valence-corrected chi connectivity index (χ0v) is 15.9. The zero-order chi connectivity index (χ0) is 19.7.